The molecule has 0 fully saturated rings. The predicted molar refractivity (Wildman–Crippen MR) is 95.3 cm³/mol. The molecule has 0 spiro atoms. The molecule has 1 aromatic rings. The van der Waals surface area contributed by atoms with Crippen LogP contribution >= 0.6 is 0 Å². The number of rotatable bonds is 6. The Labute approximate surface area is 134 Å². The highest BCUT2D eigenvalue weighted by Gasteiger charge is 2.14. The highest BCUT2D eigenvalue weighted by Crippen LogP contribution is 2.29. The van der Waals surface area contributed by atoms with Crippen LogP contribution in [0.4, 0.5) is 0 Å². The molecule has 118 valence electrons. The van der Waals surface area contributed by atoms with Crippen LogP contribution in [0, 0.1) is 0 Å². The second kappa shape index (κ2) is 7.17. The van der Waals surface area contributed by atoms with Crippen molar-refractivity contribution < 1.29 is 9.84 Å². The van der Waals surface area contributed by atoms with Crippen molar-refractivity contribution in [3.8, 4) is 5.75 Å². The predicted octanol–water partition coefficient (Wildman–Crippen LogP) is 5.62. The highest BCUT2D eigenvalue weighted by atomic mass is 16.5. The van der Waals surface area contributed by atoms with E-state index in [4.69, 9.17) is 9.84 Å². The quantitative estimate of drug-likeness (QED) is 0.545. The molecule has 2 nitrogen and oxygen atoms in total. The molecule has 2 heteroatoms. The lowest BCUT2D eigenvalue weighted by molar-refractivity contribution is 0.131. The topological polar surface area (TPSA) is 29.5 Å². The van der Waals surface area contributed by atoms with E-state index in [0.717, 1.165) is 34.4 Å². The molecule has 0 unspecified atom stereocenters. The molecule has 0 aliphatic carbocycles. The third kappa shape index (κ3) is 5.28. The van der Waals surface area contributed by atoms with Crippen LogP contribution in [-0.4, -0.2) is 10.7 Å². The molecule has 1 N–H and O–H groups in total. The average molecular weight is 298 g/mol. The van der Waals surface area contributed by atoms with E-state index >= 15 is 0 Å². The summed E-state index contributed by atoms with van der Waals surface area (Å²) in [6.07, 6.45) is 4.10. The van der Waals surface area contributed by atoms with Crippen molar-refractivity contribution >= 4 is 5.57 Å². The zero-order chi connectivity index (χ0) is 16.9. The molecule has 22 heavy (non-hydrogen) atoms. The summed E-state index contributed by atoms with van der Waals surface area (Å²) >= 11 is 0. The van der Waals surface area contributed by atoms with Gasteiger partial charge in [0.05, 0.1) is 0 Å². The lowest BCUT2D eigenvalue weighted by atomic mass is 9.94. The van der Waals surface area contributed by atoms with Crippen molar-refractivity contribution in [3.63, 3.8) is 0 Å². The van der Waals surface area contributed by atoms with E-state index < -0.39 is 0 Å². The number of aliphatic hydroxyl groups is 1. The molecule has 0 radical (unpaired) electrons. The van der Waals surface area contributed by atoms with Gasteiger partial charge in [0.15, 0.2) is 0 Å². The fourth-order valence-electron chi connectivity index (χ4n) is 2.04. The second-order valence-electron chi connectivity index (χ2n) is 6.22. The highest BCUT2D eigenvalue weighted by molar-refractivity contribution is 5.81. The molecule has 0 bridgehead atoms. The molecular weight excluding hydrogens is 272 g/mol. The third-order valence-electron chi connectivity index (χ3n) is 3.07. The Bertz CT molecular complexity index is 613. The Morgan fingerprint density at radius 1 is 1.18 bits per heavy atom. The zero-order valence-corrected chi connectivity index (χ0v) is 14.1. The number of aryl methyl sites for hydroxylation is 1. The van der Waals surface area contributed by atoms with Crippen molar-refractivity contribution in [2.24, 2.45) is 0 Å². The van der Waals surface area contributed by atoms with Crippen molar-refractivity contribution in [1.82, 2.24) is 0 Å². The van der Waals surface area contributed by atoms with Crippen LogP contribution in [0.3, 0.4) is 0 Å². The maximum absolute atomic E-state index is 9.13. The van der Waals surface area contributed by atoms with Gasteiger partial charge in [0, 0.05) is 0 Å². The van der Waals surface area contributed by atoms with Crippen LogP contribution in [0.25, 0.3) is 5.57 Å². The van der Waals surface area contributed by atoms with Crippen molar-refractivity contribution in [1.29, 1.82) is 0 Å². The van der Waals surface area contributed by atoms with Gasteiger partial charge in [-0.1, -0.05) is 38.8 Å². The van der Waals surface area contributed by atoms with E-state index in [1.807, 2.05) is 39.0 Å². The number of ether oxygens (including phenoxy) is 1. The van der Waals surface area contributed by atoms with Crippen LogP contribution in [0.2, 0.25) is 0 Å². The Balaban J connectivity index is 3.07. The van der Waals surface area contributed by atoms with E-state index in [0.29, 0.717) is 0 Å². The van der Waals surface area contributed by atoms with E-state index in [2.05, 4.69) is 26.7 Å². The molecule has 1 aromatic carbocycles. The molecule has 0 aliphatic heterocycles. The third-order valence-corrected chi connectivity index (χ3v) is 3.07. The molecule has 0 atom stereocenters. The first-order valence-electron chi connectivity index (χ1n) is 7.40. The van der Waals surface area contributed by atoms with Gasteiger partial charge in [0.2, 0.25) is 0 Å². The average Bonchev–Trinajstić information content (AvgIpc) is 2.42. The van der Waals surface area contributed by atoms with E-state index in [9.17, 15) is 0 Å². The molecule has 0 amide bonds. The van der Waals surface area contributed by atoms with Gasteiger partial charge in [-0.15, -0.1) is 0 Å². The maximum Gasteiger partial charge on any atom is 0.120 e. The fraction of sp³-hybridized carbons (Fsp3) is 0.300. The minimum Gasteiger partial charge on any atom is -0.509 e. The Kier molecular flexibility index (Phi) is 5.81. The van der Waals surface area contributed by atoms with E-state index in [1.165, 1.54) is 6.08 Å². The van der Waals surface area contributed by atoms with Gasteiger partial charge >= 0.3 is 0 Å². The molecule has 1 rings (SSSR count). The number of benzene rings is 1. The van der Waals surface area contributed by atoms with Crippen molar-refractivity contribution in [2.45, 2.75) is 39.7 Å². The van der Waals surface area contributed by atoms with Gasteiger partial charge in [0.1, 0.15) is 17.1 Å². The van der Waals surface area contributed by atoms with Crippen LogP contribution < -0.4 is 4.74 Å². The normalized spacial score (nSPS) is 11.5. The van der Waals surface area contributed by atoms with Gasteiger partial charge in [-0.25, -0.2) is 0 Å². The van der Waals surface area contributed by atoms with Crippen molar-refractivity contribution in [2.75, 3.05) is 0 Å². The number of hydrogen-bond acceptors (Lipinski definition) is 2. The SMILES string of the molecule is C=C(O)/C=C\C(=C)C(=C)c1ccc(OC(C)(C)C)cc1CC. The minimum absolute atomic E-state index is 0.00131. The van der Waals surface area contributed by atoms with Crippen LogP contribution in [-0.2, 0) is 6.42 Å². The van der Waals surface area contributed by atoms with Gasteiger partial charge in [-0.2, -0.15) is 0 Å². The zero-order valence-electron chi connectivity index (χ0n) is 14.1. The molecule has 0 heterocycles. The molecule has 0 aromatic heterocycles. The number of allylic oxidation sites excluding steroid dienone is 4. The van der Waals surface area contributed by atoms with Crippen LogP contribution in [0.1, 0.15) is 38.8 Å². The van der Waals surface area contributed by atoms with Gasteiger partial charge < -0.3 is 9.84 Å². The van der Waals surface area contributed by atoms with Gasteiger partial charge in [0.25, 0.3) is 0 Å². The lowest BCUT2D eigenvalue weighted by Crippen LogP contribution is -2.23. The Morgan fingerprint density at radius 3 is 2.32 bits per heavy atom. The minimum atomic E-state index is -0.225. The maximum atomic E-state index is 9.13. The Hall–Kier alpha value is -2.22. The standard InChI is InChI=1S/C20H26O2/c1-8-17-13-18(22-20(5,6)7)11-12-19(17)16(4)14(2)9-10-15(3)21/h9-13,21H,2-4,8H2,1,5-7H3/b10-9-. The second-order valence-corrected chi connectivity index (χ2v) is 6.22. The van der Waals surface area contributed by atoms with Crippen molar-refractivity contribution in [3.05, 3.63) is 72.5 Å². The first-order valence-corrected chi connectivity index (χ1v) is 7.40. The monoisotopic (exact) mass is 298 g/mol. The van der Waals surface area contributed by atoms with Gasteiger partial charge in [-0.3, -0.25) is 0 Å². The summed E-state index contributed by atoms with van der Waals surface area (Å²) in [5.74, 6) is 0.851. The molecule has 0 saturated carbocycles. The first kappa shape index (κ1) is 17.8. The summed E-state index contributed by atoms with van der Waals surface area (Å²) in [4.78, 5) is 0. The lowest BCUT2D eigenvalue weighted by Gasteiger charge is -2.22. The summed E-state index contributed by atoms with van der Waals surface area (Å²) in [7, 11) is 0. The van der Waals surface area contributed by atoms with Crippen LogP contribution in [0.15, 0.2) is 61.4 Å². The smallest absolute Gasteiger partial charge is 0.120 e. The summed E-state index contributed by atoms with van der Waals surface area (Å²) in [5, 5.41) is 9.13. The van der Waals surface area contributed by atoms with Gasteiger partial charge in [-0.05, 0) is 67.7 Å². The summed E-state index contributed by atoms with van der Waals surface area (Å²) in [6.45, 7) is 19.7. The number of hydrogen-bond donors (Lipinski definition) is 1. The Morgan fingerprint density at radius 2 is 1.82 bits per heavy atom. The van der Waals surface area contributed by atoms with E-state index in [1.54, 1.807) is 6.08 Å². The molecule has 0 saturated heterocycles. The largest absolute Gasteiger partial charge is 0.509 e. The summed E-state index contributed by atoms with van der Waals surface area (Å²) in [5.41, 5.74) is 3.55. The fourth-order valence-corrected chi connectivity index (χ4v) is 2.04. The summed E-state index contributed by atoms with van der Waals surface area (Å²) in [6, 6.07) is 6.01. The summed E-state index contributed by atoms with van der Waals surface area (Å²) < 4.78 is 5.91. The first-order chi connectivity index (χ1) is 10.1. The molecular formula is C20H26O2. The van der Waals surface area contributed by atoms with Crippen LogP contribution in [0.5, 0.6) is 5.75 Å². The molecule has 0 aliphatic rings. The van der Waals surface area contributed by atoms with E-state index in [-0.39, 0.29) is 11.4 Å². The number of aliphatic hydroxyl groups excluding tert-OH is 1.